The number of nitrogens with zero attached hydrogens (tertiary/aromatic N) is 3. The Morgan fingerprint density at radius 2 is 2.20 bits per heavy atom. The molecule has 0 bridgehead atoms. The molecule has 0 radical (unpaired) electrons. The maximum absolute atomic E-state index is 12.1. The third-order valence-corrected chi connectivity index (χ3v) is 6.33. The van der Waals surface area contributed by atoms with Crippen molar-refractivity contribution in [3.05, 3.63) is 16.3 Å². The molecule has 1 fully saturated rings. The molecule has 0 aromatic carbocycles. The molecule has 1 N–H and O–H groups in total. The first-order chi connectivity index (χ1) is 12.2. The van der Waals surface area contributed by atoms with Crippen molar-refractivity contribution in [2.45, 2.75) is 4.34 Å². The Bertz CT molecular complexity index is 742. The van der Waals surface area contributed by atoms with Crippen LogP contribution in [-0.4, -0.2) is 61.2 Å². The number of thiophene rings is 1. The van der Waals surface area contributed by atoms with Gasteiger partial charge in [-0.25, -0.2) is 4.79 Å². The summed E-state index contributed by atoms with van der Waals surface area (Å²) in [6.07, 6.45) is 0. The topological polar surface area (TPSA) is 93.6 Å². The van der Waals surface area contributed by atoms with Gasteiger partial charge in [-0.2, -0.15) is 0 Å². The van der Waals surface area contributed by atoms with Gasteiger partial charge in [0, 0.05) is 13.1 Å². The molecule has 2 aromatic rings. The van der Waals surface area contributed by atoms with Gasteiger partial charge in [0.2, 0.25) is 11.0 Å². The Morgan fingerprint density at radius 1 is 1.40 bits per heavy atom. The van der Waals surface area contributed by atoms with Gasteiger partial charge in [-0.15, -0.1) is 21.5 Å². The first-order valence-corrected chi connectivity index (χ1v) is 10.1. The van der Waals surface area contributed by atoms with Gasteiger partial charge in [-0.1, -0.05) is 23.1 Å². The number of ether oxygens (including phenoxy) is 2. The summed E-state index contributed by atoms with van der Waals surface area (Å²) in [5.74, 6) is -0.484. The Balaban J connectivity index is 1.52. The van der Waals surface area contributed by atoms with Crippen molar-refractivity contribution in [3.63, 3.8) is 0 Å². The molecule has 1 aliphatic rings. The van der Waals surface area contributed by atoms with Crippen molar-refractivity contribution >= 4 is 57.1 Å². The van der Waals surface area contributed by atoms with Gasteiger partial charge in [0.1, 0.15) is 4.88 Å². The van der Waals surface area contributed by atoms with Crippen LogP contribution in [0.15, 0.2) is 15.8 Å². The van der Waals surface area contributed by atoms with Crippen LogP contribution in [0, 0.1) is 0 Å². The first-order valence-electron chi connectivity index (χ1n) is 7.42. The quantitative estimate of drug-likeness (QED) is 0.581. The summed E-state index contributed by atoms with van der Waals surface area (Å²) >= 11 is 4.00. The van der Waals surface area contributed by atoms with Crippen molar-refractivity contribution in [1.29, 1.82) is 0 Å². The average Bonchev–Trinajstić information content (AvgIpc) is 3.29. The molecule has 0 aliphatic carbocycles. The highest BCUT2D eigenvalue weighted by atomic mass is 32.2. The third kappa shape index (κ3) is 4.69. The second-order valence-electron chi connectivity index (χ2n) is 4.94. The third-order valence-electron chi connectivity index (χ3n) is 3.31. The second-order valence-corrected chi connectivity index (χ2v) is 8.04. The Labute approximate surface area is 156 Å². The van der Waals surface area contributed by atoms with E-state index < -0.39 is 5.97 Å². The molecule has 3 heterocycles. The zero-order chi connectivity index (χ0) is 17.6. The van der Waals surface area contributed by atoms with Gasteiger partial charge in [0.25, 0.3) is 0 Å². The van der Waals surface area contributed by atoms with Crippen LogP contribution in [0.3, 0.4) is 0 Å². The molecule has 11 heteroatoms. The van der Waals surface area contributed by atoms with Gasteiger partial charge >= 0.3 is 5.97 Å². The Kier molecular flexibility index (Phi) is 6.24. The van der Waals surface area contributed by atoms with Gasteiger partial charge < -0.3 is 19.7 Å². The van der Waals surface area contributed by atoms with E-state index in [1.165, 1.54) is 41.5 Å². The molecule has 134 valence electrons. The zero-order valence-electron chi connectivity index (χ0n) is 13.4. The first kappa shape index (κ1) is 18.1. The van der Waals surface area contributed by atoms with Crippen LogP contribution in [0.5, 0.6) is 0 Å². The molecule has 3 rings (SSSR count). The number of morpholine rings is 1. The summed E-state index contributed by atoms with van der Waals surface area (Å²) in [5, 5.41) is 13.6. The van der Waals surface area contributed by atoms with Crippen LogP contribution < -0.4 is 10.2 Å². The Morgan fingerprint density at radius 3 is 2.96 bits per heavy atom. The predicted molar refractivity (Wildman–Crippen MR) is 98.0 cm³/mol. The SMILES string of the molecule is COC(=O)c1sccc1NC(=O)CSc1nnc(N2CCOCC2)s1. The minimum absolute atomic E-state index is 0.189. The van der Waals surface area contributed by atoms with Crippen molar-refractivity contribution in [2.75, 3.05) is 49.4 Å². The summed E-state index contributed by atoms with van der Waals surface area (Å²) < 4.78 is 10.7. The van der Waals surface area contributed by atoms with E-state index in [1.54, 1.807) is 11.4 Å². The largest absolute Gasteiger partial charge is 0.465 e. The van der Waals surface area contributed by atoms with Gasteiger partial charge in [-0.3, -0.25) is 4.79 Å². The van der Waals surface area contributed by atoms with E-state index in [0.717, 1.165) is 22.6 Å². The molecule has 1 aliphatic heterocycles. The Hall–Kier alpha value is -1.69. The standard InChI is InChI=1S/C14H16N4O4S3/c1-21-12(20)11-9(2-7-23-11)15-10(19)8-24-14-17-16-13(25-14)18-3-5-22-6-4-18/h2,7H,3-6,8H2,1H3,(H,15,19). The highest BCUT2D eigenvalue weighted by Gasteiger charge is 2.18. The number of rotatable bonds is 6. The maximum atomic E-state index is 12.1. The lowest BCUT2D eigenvalue weighted by Crippen LogP contribution is -2.36. The normalized spacial score (nSPS) is 14.4. The van der Waals surface area contributed by atoms with Gasteiger partial charge in [0.15, 0.2) is 4.34 Å². The monoisotopic (exact) mass is 400 g/mol. The lowest BCUT2D eigenvalue weighted by molar-refractivity contribution is -0.113. The molecule has 25 heavy (non-hydrogen) atoms. The van der Waals surface area contributed by atoms with Gasteiger partial charge in [0.05, 0.1) is 31.8 Å². The van der Waals surface area contributed by atoms with E-state index in [0.29, 0.717) is 23.8 Å². The molecule has 1 amide bonds. The fourth-order valence-electron chi connectivity index (χ4n) is 2.12. The van der Waals surface area contributed by atoms with Crippen LogP contribution >= 0.6 is 34.4 Å². The average molecular weight is 401 g/mol. The lowest BCUT2D eigenvalue weighted by atomic mass is 10.4. The smallest absolute Gasteiger partial charge is 0.350 e. The van der Waals surface area contributed by atoms with E-state index >= 15 is 0 Å². The van der Waals surface area contributed by atoms with Crippen LogP contribution in [-0.2, 0) is 14.3 Å². The number of carbonyl (C=O) groups is 2. The van der Waals surface area contributed by atoms with Crippen LogP contribution in [0.4, 0.5) is 10.8 Å². The number of hydrogen-bond donors (Lipinski definition) is 1. The van der Waals surface area contributed by atoms with E-state index in [1.807, 2.05) is 0 Å². The maximum Gasteiger partial charge on any atom is 0.350 e. The number of aromatic nitrogens is 2. The molecule has 0 spiro atoms. The summed E-state index contributed by atoms with van der Waals surface area (Å²) in [7, 11) is 1.31. The number of amides is 1. The van der Waals surface area contributed by atoms with E-state index in [4.69, 9.17) is 9.47 Å². The van der Waals surface area contributed by atoms with E-state index in [9.17, 15) is 9.59 Å². The van der Waals surface area contributed by atoms with Crippen molar-refractivity contribution in [3.8, 4) is 0 Å². The molecule has 2 aromatic heterocycles. The number of nitrogens with one attached hydrogen (secondary N) is 1. The summed E-state index contributed by atoms with van der Waals surface area (Å²) in [6.45, 7) is 2.98. The lowest BCUT2D eigenvalue weighted by Gasteiger charge is -2.25. The van der Waals surface area contributed by atoms with Crippen LogP contribution in [0.25, 0.3) is 0 Å². The van der Waals surface area contributed by atoms with E-state index in [-0.39, 0.29) is 11.7 Å². The number of anilines is 2. The minimum Gasteiger partial charge on any atom is -0.465 e. The van der Waals surface area contributed by atoms with Crippen LogP contribution in [0.1, 0.15) is 9.67 Å². The summed E-state index contributed by atoms with van der Waals surface area (Å²) in [5.41, 5.74) is 0.466. The molecule has 8 nitrogen and oxygen atoms in total. The molecule has 0 saturated carbocycles. The second kappa shape index (κ2) is 8.61. The predicted octanol–water partition coefficient (Wildman–Crippen LogP) is 1.95. The number of methoxy groups -OCH3 is 1. The minimum atomic E-state index is -0.461. The molecular formula is C14H16N4O4S3. The number of carbonyl (C=O) groups excluding carboxylic acids is 2. The molecule has 0 unspecified atom stereocenters. The zero-order valence-corrected chi connectivity index (χ0v) is 15.8. The summed E-state index contributed by atoms with van der Waals surface area (Å²) in [4.78, 5) is 26.2. The number of esters is 1. The highest BCUT2D eigenvalue weighted by molar-refractivity contribution is 8.01. The van der Waals surface area contributed by atoms with Crippen molar-refractivity contribution < 1.29 is 19.1 Å². The molecule has 1 saturated heterocycles. The fraction of sp³-hybridized carbons (Fsp3) is 0.429. The molecule has 0 atom stereocenters. The fourth-order valence-corrected chi connectivity index (χ4v) is 4.57. The van der Waals surface area contributed by atoms with Gasteiger partial charge in [-0.05, 0) is 11.4 Å². The highest BCUT2D eigenvalue weighted by Crippen LogP contribution is 2.29. The molecular weight excluding hydrogens is 384 g/mol. The van der Waals surface area contributed by atoms with E-state index in [2.05, 4.69) is 20.4 Å². The number of hydrogen-bond acceptors (Lipinski definition) is 10. The van der Waals surface area contributed by atoms with Crippen molar-refractivity contribution in [1.82, 2.24) is 10.2 Å². The number of thioether (sulfide) groups is 1. The van der Waals surface area contributed by atoms with Crippen molar-refractivity contribution in [2.24, 2.45) is 0 Å². The summed E-state index contributed by atoms with van der Waals surface area (Å²) in [6, 6.07) is 1.68. The van der Waals surface area contributed by atoms with Crippen LogP contribution in [0.2, 0.25) is 0 Å².